The van der Waals surface area contributed by atoms with Crippen LogP contribution in [0, 0.1) is 0 Å². The second-order valence-electron chi connectivity index (χ2n) is 25.2. The Morgan fingerprint density at radius 1 is 0.296 bits per heavy atom. The van der Waals surface area contributed by atoms with Gasteiger partial charge in [0, 0.05) is 25.7 Å². The molecule has 0 saturated heterocycles. The lowest BCUT2D eigenvalue weighted by molar-refractivity contribution is -0.161. The molecule has 0 amide bonds. The van der Waals surface area contributed by atoms with Gasteiger partial charge in [0.15, 0.2) is 12.2 Å². The number of carbonyl (C=O) groups is 4. The average Bonchev–Trinajstić information content (AvgIpc) is 0.986. The summed E-state index contributed by atoms with van der Waals surface area (Å²) < 4.78 is 68.3. The zero-order valence-corrected chi connectivity index (χ0v) is 63.2. The Bertz CT molecular complexity index is 2290. The number of carbonyl (C=O) groups excluding carboxylic acids is 4. The molecule has 0 aromatic rings. The van der Waals surface area contributed by atoms with Crippen molar-refractivity contribution in [3.05, 3.63) is 109 Å². The third-order valence-electron chi connectivity index (χ3n) is 15.8. The minimum atomic E-state index is -5.00. The molecular formula is C79H136O17P2. The summed E-state index contributed by atoms with van der Waals surface area (Å²) in [4.78, 5) is 72.8. The summed E-state index contributed by atoms with van der Waals surface area (Å²) in [5.74, 6) is -2.28. The molecule has 0 aromatic heterocycles. The van der Waals surface area contributed by atoms with Gasteiger partial charge in [-0.3, -0.25) is 37.3 Å². The maximum absolute atomic E-state index is 13.1. The number of aliphatic hydroxyl groups excluding tert-OH is 1. The first-order valence-electron chi connectivity index (χ1n) is 38.1. The van der Waals surface area contributed by atoms with E-state index in [1.807, 2.05) is 12.2 Å². The van der Waals surface area contributed by atoms with Gasteiger partial charge in [-0.25, -0.2) is 9.13 Å². The van der Waals surface area contributed by atoms with E-state index in [-0.39, 0.29) is 25.7 Å². The Morgan fingerprint density at radius 3 is 0.857 bits per heavy atom. The zero-order chi connectivity index (χ0) is 71.8. The van der Waals surface area contributed by atoms with E-state index in [0.29, 0.717) is 38.5 Å². The van der Waals surface area contributed by atoms with Crippen LogP contribution in [-0.2, 0) is 65.4 Å². The number of allylic oxidation sites excluding steroid dienone is 18. The number of esters is 4. The van der Waals surface area contributed by atoms with E-state index >= 15 is 0 Å². The van der Waals surface area contributed by atoms with Crippen molar-refractivity contribution in [1.29, 1.82) is 0 Å². The summed E-state index contributed by atoms with van der Waals surface area (Å²) in [6.45, 7) is 4.54. The zero-order valence-electron chi connectivity index (χ0n) is 61.4. The normalized spacial score (nSPS) is 14.6. The molecule has 98 heavy (non-hydrogen) atoms. The molecule has 17 nitrogen and oxygen atoms in total. The molecular weight excluding hydrogens is 1280 g/mol. The van der Waals surface area contributed by atoms with Crippen molar-refractivity contribution < 1.29 is 80.2 Å². The molecule has 564 valence electrons. The molecule has 0 aliphatic carbocycles. The smallest absolute Gasteiger partial charge is 0.462 e. The van der Waals surface area contributed by atoms with Crippen molar-refractivity contribution in [3.63, 3.8) is 0 Å². The molecule has 5 unspecified atom stereocenters. The van der Waals surface area contributed by atoms with Crippen LogP contribution in [0.2, 0.25) is 0 Å². The third-order valence-corrected chi connectivity index (χ3v) is 17.7. The monoisotopic (exact) mass is 1420 g/mol. The minimum Gasteiger partial charge on any atom is -0.462 e. The highest BCUT2D eigenvalue weighted by Gasteiger charge is 2.30. The van der Waals surface area contributed by atoms with Gasteiger partial charge < -0.3 is 33.8 Å². The summed E-state index contributed by atoms with van der Waals surface area (Å²) in [5, 5.41) is 10.6. The lowest BCUT2D eigenvalue weighted by Crippen LogP contribution is -2.30. The summed E-state index contributed by atoms with van der Waals surface area (Å²) in [6, 6.07) is 0. The number of hydrogen-bond acceptors (Lipinski definition) is 15. The van der Waals surface area contributed by atoms with Gasteiger partial charge in [0.05, 0.1) is 26.4 Å². The first kappa shape index (κ1) is 93.7. The van der Waals surface area contributed by atoms with Gasteiger partial charge in [-0.05, 0) is 103 Å². The molecule has 0 aliphatic rings. The molecule has 0 spiro atoms. The Labute approximate surface area is 594 Å². The van der Waals surface area contributed by atoms with E-state index < -0.39 is 97.5 Å². The standard InChI is InChI=1S/C79H136O17P2/c1-5-9-13-17-21-25-29-32-35-36-39-41-45-48-52-56-60-64-77(82)90-70-75(96-79(84)66-62-58-54-50-46-42-38-34-31-27-23-19-15-11-7-3)72-94-98(87,88)92-68-73(80)67-91-97(85,86)93-71-74(95-78(83)65-61-57-53-49-43-28-24-20-16-12-8-4)69-89-76(81)63-59-55-51-47-44-40-37-33-30-26-22-18-14-10-6-2/h9,11,13,15,21,23,25,27,32,34-35,38-39,41,46,48,50,52,73-75,80H,5-8,10,12,14,16-20,22,24,26,28-31,33,36-37,40,42-45,47,49,51,53-72H2,1-4H3,(H,85,86)(H,87,88)/b13-9-,15-11-,25-21-,27-23-,35-32-,38-34-,41-39-,50-46-,52-48-. The molecule has 0 aliphatic heterocycles. The summed E-state index contributed by atoms with van der Waals surface area (Å²) in [7, 11) is -9.97. The van der Waals surface area contributed by atoms with Gasteiger partial charge in [-0.1, -0.05) is 291 Å². The fourth-order valence-electron chi connectivity index (χ4n) is 10.0. The molecule has 0 saturated carbocycles. The second-order valence-corrected chi connectivity index (χ2v) is 28.1. The van der Waals surface area contributed by atoms with Crippen molar-refractivity contribution >= 4 is 39.5 Å². The SMILES string of the molecule is CC/C=C\C/C=C\C/C=C\C/C=C\C/C=C\CCCC(=O)OCC(COP(=O)(O)OCC(O)COP(=O)(O)OCC(COC(=O)CCCCCCCCCCCCCCCCC)OC(=O)CCCCCCCCCCCCC)OC(=O)CCCC/C=C\C/C=C\C/C=C\C/C=C\CC. The van der Waals surface area contributed by atoms with Crippen LogP contribution in [0.25, 0.3) is 0 Å². The molecule has 0 aromatic carbocycles. The van der Waals surface area contributed by atoms with E-state index in [0.717, 1.165) is 109 Å². The van der Waals surface area contributed by atoms with Gasteiger partial charge in [-0.15, -0.1) is 0 Å². The fraction of sp³-hybridized carbons (Fsp3) is 0.722. The van der Waals surface area contributed by atoms with Gasteiger partial charge in [0.2, 0.25) is 0 Å². The van der Waals surface area contributed by atoms with Crippen LogP contribution in [0.4, 0.5) is 0 Å². The first-order chi connectivity index (χ1) is 47.7. The van der Waals surface area contributed by atoms with Crippen LogP contribution < -0.4 is 0 Å². The van der Waals surface area contributed by atoms with E-state index in [2.05, 4.69) is 125 Å². The maximum Gasteiger partial charge on any atom is 0.472 e. The van der Waals surface area contributed by atoms with E-state index in [1.165, 1.54) is 109 Å². The number of rotatable bonds is 71. The van der Waals surface area contributed by atoms with Crippen molar-refractivity contribution in [1.82, 2.24) is 0 Å². The van der Waals surface area contributed by atoms with Crippen LogP contribution in [0.1, 0.15) is 310 Å². The summed E-state index contributed by atoms with van der Waals surface area (Å²) in [6.07, 6.45) is 75.3. The first-order valence-corrected chi connectivity index (χ1v) is 41.1. The molecule has 0 rings (SSSR count). The average molecular weight is 1420 g/mol. The maximum atomic E-state index is 13.1. The van der Waals surface area contributed by atoms with Gasteiger partial charge in [-0.2, -0.15) is 0 Å². The fourth-order valence-corrected chi connectivity index (χ4v) is 11.6. The Balaban J connectivity index is 5.40. The Hall–Kier alpha value is -4.28. The topological polar surface area (TPSA) is 237 Å². The van der Waals surface area contributed by atoms with Gasteiger partial charge in [0.25, 0.3) is 0 Å². The van der Waals surface area contributed by atoms with Crippen LogP contribution in [-0.4, -0.2) is 96.7 Å². The van der Waals surface area contributed by atoms with Crippen molar-refractivity contribution in [3.8, 4) is 0 Å². The van der Waals surface area contributed by atoms with Crippen molar-refractivity contribution in [2.45, 2.75) is 329 Å². The highest BCUT2D eigenvalue weighted by Crippen LogP contribution is 2.45. The molecule has 0 heterocycles. The van der Waals surface area contributed by atoms with Crippen molar-refractivity contribution in [2.75, 3.05) is 39.6 Å². The number of phosphoric ester groups is 2. The minimum absolute atomic E-state index is 0.0292. The second kappa shape index (κ2) is 71.1. The lowest BCUT2D eigenvalue weighted by atomic mass is 10.0. The predicted molar refractivity (Wildman–Crippen MR) is 399 cm³/mol. The van der Waals surface area contributed by atoms with E-state index in [1.54, 1.807) is 0 Å². The van der Waals surface area contributed by atoms with Crippen LogP contribution in [0.3, 0.4) is 0 Å². The predicted octanol–water partition coefficient (Wildman–Crippen LogP) is 21.8. The number of unbranched alkanes of at least 4 members (excludes halogenated alkanes) is 27. The number of hydrogen-bond donors (Lipinski definition) is 3. The van der Waals surface area contributed by atoms with Crippen LogP contribution >= 0.6 is 15.6 Å². The largest absolute Gasteiger partial charge is 0.472 e. The molecule has 3 N–H and O–H groups in total. The third kappa shape index (κ3) is 70.2. The van der Waals surface area contributed by atoms with Gasteiger partial charge >= 0.3 is 39.5 Å². The molecule has 0 bridgehead atoms. The number of aliphatic hydroxyl groups is 1. The Morgan fingerprint density at radius 2 is 0.541 bits per heavy atom. The van der Waals surface area contributed by atoms with Crippen LogP contribution in [0.5, 0.6) is 0 Å². The van der Waals surface area contributed by atoms with Crippen molar-refractivity contribution in [2.24, 2.45) is 0 Å². The number of ether oxygens (including phenoxy) is 4. The Kier molecular flexibility index (Phi) is 68.0. The van der Waals surface area contributed by atoms with E-state index in [9.17, 15) is 43.2 Å². The number of phosphoric acid groups is 2. The lowest BCUT2D eigenvalue weighted by Gasteiger charge is -2.21. The molecule has 0 radical (unpaired) electrons. The van der Waals surface area contributed by atoms with E-state index in [4.69, 9.17) is 37.0 Å². The highest BCUT2D eigenvalue weighted by molar-refractivity contribution is 7.47. The molecule has 19 heteroatoms. The quantitative estimate of drug-likeness (QED) is 0.0169. The summed E-state index contributed by atoms with van der Waals surface area (Å²) in [5.41, 5.74) is 0. The molecule has 0 fully saturated rings. The van der Waals surface area contributed by atoms with Crippen LogP contribution in [0.15, 0.2) is 109 Å². The van der Waals surface area contributed by atoms with Gasteiger partial charge in [0.1, 0.15) is 19.3 Å². The highest BCUT2D eigenvalue weighted by atomic mass is 31.2. The summed E-state index contributed by atoms with van der Waals surface area (Å²) >= 11 is 0. The molecule has 5 atom stereocenters.